The molecule has 5 heteroatoms. The van der Waals surface area contributed by atoms with Crippen molar-refractivity contribution in [1.29, 1.82) is 0 Å². The summed E-state index contributed by atoms with van der Waals surface area (Å²) in [6.45, 7) is 0.837. The number of hydrogen-bond donors (Lipinski definition) is 2. The topological polar surface area (TPSA) is 71.0 Å². The van der Waals surface area contributed by atoms with Crippen LogP contribution in [0.1, 0.15) is 23.5 Å². The summed E-state index contributed by atoms with van der Waals surface area (Å²) >= 11 is 0. The molecular weight excluding hydrogens is 254 g/mol. The van der Waals surface area contributed by atoms with Gasteiger partial charge in [0.2, 0.25) is 6.54 Å². The predicted octanol–water partition coefficient (Wildman–Crippen LogP) is 2.06. The number of hydrogen-bond acceptors (Lipinski definition) is 3. The SMILES string of the molecule is O=[N+]([O-])CC1CN[C@@H]2Cc3c[nH]c4cccc(c34)C2C1. The molecule has 0 spiro atoms. The molecule has 1 fully saturated rings. The molecule has 3 atom stereocenters. The number of benzene rings is 1. The molecule has 1 aliphatic heterocycles. The van der Waals surface area contributed by atoms with Gasteiger partial charge < -0.3 is 10.3 Å². The van der Waals surface area contributed by atoms with Crippen LogP contribution in [0.5, 0.6) is 0 Å². The molecule has 1 aliphatic carbocycles. The fourth-order valence-electron chi connectivity index (χ4n) is 3.97. The van der Waals surface area contributed by atoms with Gasteiger partial charge in [-0.15, -0.1) is 0 Å². The van der Waals surface area contributed by atoms with Gasteiger partial charge >= 0.3 is 0 Å². The van der Waals surface area contributed by atoms with Crippen molar-refractivity contribution in [2.75, 3.05) is 13.1 Å². The minimum absolute atomic E-state index is 0.0756. The second-order valence-corrected chi connectivity index (χ2v) is 6.03. The van der Waals surface area contributed by atoms with Crippen molar-refractivity contribution < 1.29 is 4.92 Å². The zero-order valence-electron chi connectivity index (χ0n) is 11.1. The number of rotatable bonds is 2. The molecule has 104 valence electrons. The summed E-state index contributed by atoms with van der Waals surface area (Å²) in [5, 5.41) is 15.6. The highest BCUT2D eigenvalue weighted by molar-refractivity contribution is 5.88. The Labute approximate surface area is 116 Å². The summed E-state index contributed by atoms with van der Waals surface area (Å²) in [5.41, 5.74) is 3.92. The molecule has 4 rings (SSSR count). The van der Waals surface area contributed by atoms with Gasteiger partial charge in [-0.25, -0.2) is 0 Å². The van der Waals surface area contributed by atoms with E-state index in [0.717, 1.165) is 19.4 Å². The van der Waals surface area contributed by atoms with Gasteiger partial charge in [0.15, 0.2) is 0 Å². The summed E-state index contributed by atoms with van der Waals surface area (Å²) in [7, 11) is 0. The summed E-state index contributed by atoms with van der Waals surface area (Å²) < 4.78 is 0. The van der Waals surface area contributed by atoms with Crippen LogP contribution in [0.4, 0.5) is 0 Å². The first-order valence-corrected chi connectivity index (χ1v) is 7.16. The molecule has 2 heterocycles. The van der Waals surface area contributed by atoms with Crippen LogP contribution in [0.3, 0.4) is 0 Å². The number of aromatic nitrogens is 1. The number of H-pyrrole nitrogens is 1. The Morgan fingerprint density at radius 1 is 1.40 bits per heavy atom. The highest BCUT2D eigenvalue weighted by Gasteiger charge is 2.37. The second-order valence-electron chi connectivity index (χ2n) is 6.03. The van der Waals surface area contributed by atoms with Gasteiger partial charge in [0, 0.05) is 46.4 Å². The largest absolute Gasteiger partial charge is 0.361 e. The van der Waals surface area contributed by atoms with Gasteiger partial charge in [0.25, 0.3) is 0 Å². The van der Waals surface area contributed by atoms with E-state index in [-0.39, 0.29) is 17.4 Å². The third kappa shape index (κ3) is 1.73. The van der Waals surface area contributed by atoms with Crippen molar-refractivity contribution in [1.82, 2.24) is 10.3 Å². The van der Waals surface area contributed by atoms with Crippen LogP contribution in [-0.4, -0.2) is 29.0 Å². The maximum Gasteiger partial charge on any atom is 0.207 e. The lowest BCUT2D eigenvalue weighted by Gasteiger charge is -2.39. The lowest BCUT2D eigenvalue weighted by Crippen LogP contribution is -2.48. The lowest BCUT2D eigenvalue weighted by molar-refractivity contribution is -0.488. The molecule has 0 saturated carbocycles. The quantitative estimate of drug-likeness (QED) is 0.649. The van der Waals surface area contributed by atoms with Crippen LogP contribution < -0.4 is 5.32 Å². The highest BCUT2D eigenvalue weighted by Crippen LogP contribution is 2.41. The molecule has 2 unspecified atom stereocenters. The molecule has 0 bridgehead atoms. The molecule has 1 aromatic heterocycles. The van der Waals surface area contributed by atoms with Gasteiger partial charge in [-0.2, -0.15) is 0 Å². The summed E-state index contributed by atoms with van der Waals surface area (Å²) in [6, 6.07) is 6.80. The van der Waals surface area contributed by atoms with E-state index in [1.54, 1.807) is 0 Å². The summed E-state index contributed by atoms with van der Waals surface area (Å²) in [5.74, 6) is 0.544. The van der Waals surface area contributed by atoms with E-state index in [9.17, 15) is 10.1 Å². The van der Waals surface area contributed by atoms with E-state index < -0.39 is 0 Å². The van der Waals surface area contributed by atoms with Gasteiger partial charge in [0.1, 0.15) is 0 Å². The number of aromatic amines is 1. The third-order valence-electron chi connectivity index (χ3n) is 4.81. The zero-order chi connectivity index (χ0) is 13.7. The normalized spacial score (nSPS) is 28.3. The minimum atomic E-state index is -0.183. The molecular formula is C15H17N3O2. The first kappa shape index (κ1) is 11.9. The third-order valence-corrected chi connectivity index (χ3v) is 4.81. The predicted molar refractivity (Wildman–Crippen MR) is 76.5 cm³/mol. The standard InChI is InChI=1S/C15H17N3O2/c19-18(20)8-9-4-12-11-2-1-3-13-15(11)10(7-17-13)5-14(12)16-6-9/h1-3,7,9,12,14,16-17H,4-6,8H2/t9?,12?,14-/m1/s1. The van der Waals surface area contributed by atoms with Crippen LogP contribution in [0.2, 0.25) is 0 Å². The van der Waals surface area contributed by atoms with Crippen molar-refractivity contribution in [3.8, 4) is 0 Å². The highest BCUT2D eigenvalue weighted by atomic mass is 16.6. The number of nitro groups is 1. The Balaban J connectivity index is 1.73. The molecule has 20 heavy (non-hydrogen) atoms. The van der Waals surface area contributed by atoms with Gasteiger partial charge in [-0.1, -0.05) is 12.1 Å². The van der Waals surface area contributed by atoms with Gasteiger partial charge in [0.05, 0.1) is 0 Å². The van der Waals surface area contributed by atoms with E-state index in [4.69, 9.17) is 0 Å². The fraction of sp³-hybridized carbons (Fsp3) is 0.467. The van der Waals surface area contributed by atoms with E-state index in [1.165, 1.54) is 22.0 Å². The maximum atomic E-state index is 10.7. The molecule has 5 nitrogen and oxygen atoms in total. The van der Waals surface area contributed by atoms with Gasteiger partial charge in [-0.05, 0) is 30.0 Å². The summed E-state index contributed by atoms with van der Waals surface area (Å²) in [6.07, 6.45) is 4.05. The van der Waals surface area contributed by atoms with Crippen molar-refractivity contribution >= 4 is 10.9 Å². The molecule has 2 aliphatic rings. The van der Waals surface area contributed by atoms with Crippen LogP contribution in [0.15, 0.2) is 24.4 Å². The fourth-order valence-corrected chi connectivity index (χ4v) is 3.97. The Hall–Kier alpha value is -1.88. The Bertz CT molecular complexity index is 679. The van der Waals surface area contributed by atoms with Crippen molar-refractivity contribution in [2.24, 2.45) is 5.92 Å². The molecule has 0 radical (unpaired) electrons. The number of piperidine rings is 1. The van der Waals surface area contributed by atoms with Gasteiger partial charge in [-0.3, -0.25) is 10.1 Å². The molecule has 2 aromatic rings. The Morgan fingerprint density at radius 2 is 2.30 bits per heavy atom. The molecule has 1 saturated heterocycles. The van der Waals surface area contributed by atoms with E-state index >= 15 is 0 Å². The first-order chi connectivity index (χ1) is 9.72. The maximum absolute atomic E-state index is 10.7. The van der Waals surface area contributed by atoms with Crippen LogP contribution in [0.25, 0.3) is 10.9 Å². The monoisotopic (exact) mass is 271 g/mol. The number of fused-ring (bicyclic) bond motifs is 2. The molecule has 0 amide bonds. The van der Waals surface area contributed by atoms with Crippen LogP contribution in [-0.2, 0) is 6.42 Å². The Morgan fingerprint density at radius 3 is 3.15 bits per heavy atom. The van der Waals surface area contributed by atoms with E-state index in [0.29, 0.717) is 12.0 Å². The van der Waals surface area contributed by atoms with Crippen LogP contribution >= 0.6 is 0 Å². The first-order valence-electron chi connectivity index (χ1n) is 7.16. The van der Waals surface area contributed by atoms with Crippen molar-refractivity contribution in [2.45, 2.75) is 24.8 Å². The smallest absolute Gasteiger partial charge is 0.207 e. The Kier molecular flexibility index (Phi) is 2.57. The van der Waals surface area contributed by atoms with Crippen molar-refractivity contribution in [3.63, 3.8) is 0 Å². The summed E-state index contributed by atoms with van der Waals surface area (Å²) in [4.78, 5) is 13.9. The molecule has 1 aromatic carbocycles. The zero-order valence-corrected chi connectivity index (χ0v) is 11.1. The average Bonchev–Trinajstić information content (AvgIpc) is 2.84. The minimum Gasteiger partial charge on any atom is -0.361 e. The van der Waals surface area contributed by atoms with E-state index in [1.807, 2.05) is 0 Å². The molecule has 2 N–H and O–H groups in total. The van der Waals surface area contributed by atoms with E-state index in [2.05, 4.69) is 34.7 Å². The van der Waals surface area contributed by atoms with Crippen LogP contribution in [0, 0.1) is 16.0 Å². The second kappa shape index (κ2) is 4.31. The number of nitrogens with one attached hydrogen (secondary N) is 2. The number of nitrogens with zero attached hydrogens (tertiary/aromatic N) is 1. The average molecular weight is 271 g/mol. The lowest BCUT2D eigenvalue weighted by atomic mass is 9.73. The van der Waals surface area contributed by atoms with Crippen molar-refractivity contribution in [3.05, 3.63) is 45.6 Å².